The third-order valence-electron chi connectivity index (χ3n) is 2.97. The lowest BCUT2D eigenvalue weighted by Crippen LogP contribution is -2.40. The topological polar surface area (TPSA) is 94.0 Å². The lowest BCUT2D eigenvalue weighted by molar-refractivity contribution is -0.120. The fourth-order valence-corrected chi connectivity index (χ4v) is 1.95. The molecule has 0 aliphatic rings. The Morgan fingerprint density at radius 3 is 2.67 bits per heavy atom. The molecule has 1 aromatic heterocycles. The van der Waals surface area contributed by atoms with Crippen LogP contribution in [0.3, 0.4) is 0 Å². The first kappa shape index (κ1) is 17.0. The zero-order valence-electron chi connectivity index (χ0n) is 12.4. The summed E-state index contributed by atoms with van der Waals surface area (Å²) in [4.78, 5) is 15.6. The van der Waals surface area contributed by atoms with E-state index in [0.29, 0.717) is 17.4 Å². The molecule has 2 aromatic rings. The molecule has 0 aliphatic heterocycles. The number of nitrogens with one attached hydrogen (secondary N) is 1. The van der Waals surface area contributed by atoms with E-state index < -0.39 is 5.54 Å². The standard InChI is InChI=1S/C14H18N4O2.ClH/c1-8-5-6-10(15)7-11(8)12-16-13(18-20-12)14(3,4)17-9(2)19;/h5-7H,15H2,1-4H3,(H,17,19);1H. The Morgan fingerprint density at radius 1 is 1.38 bits per heavy atom. The van der Waals surface area contributed by atoms with E-state index in [1.165, 1.54) is 6.92 Å². The number of hydrogen-bond donors (Lipinski definition) is 2. The average molecular weight is 311 g/mol. The van der Waals surface area contributed by atoms with Crippen molar-refractivity contribution in [1.29, 1.82) is 0 Å². The van der Waals surface area contributed by atoms with Gasteiger partial charge in [0, 0.05) is 18.2 Å². The molecule has 1 amide bonds. The minimum Gasteiger partial charge on any atom is -0.399 e. The van der Waals surface area contributed by atoms with Crippen LogP contribution in [0.15, 0.2) is 22.7 Å². The number of hydrogen-bond acceptors (Lipinski definition) is 5. The van der Waals surface area contributed by atoms with Gasteiger partial charge in [-0.25, -0.2) is 0 Å². The van der Waals surface area contributed by atoms with Crippen LogP contribution in [0, 0.1) is 6.92 Å². The number of anilines is 1. The van der Waals surface area contributed by atoms with E-state index in [1.54, 1.807) is 6.07 Å². The van der Waals surface area contributed by atoms with E-state index in [0.717, 1.165) is 11.1 Å². The smallest absolute Gasteiger partial charge is 0.258 e. The molecular formula is C14H19ClN4O2. The highest BCUT2D eigenvalue weighted by molar-refractivity contribution is 5.85. The minimum absolute atomic E-state index is 0. The summed E-state index contributed by atoms with van der Waals surface area (Å²) in [6.07, 6.45) is 0. The zero-order valence-corrected chi connectivity index (χ0v) is 13.2. The summed E-state index contributed by atoms with van der Waals surface area (Å²) in [5.41, 5.74) is 7.50. The van der Waals surface area contributed by atoms with E-state index >= 15 is 0 Å². The first-order chi connectivity index (χ1) is 9.29. The number of rotatable bonds is 3. The molecule has 0 radical (unpaired) electrons. The van der Waals surface area contributed by atoms with Gasteiger partial charge in [0.05, 0.1) is 5.54 Å². The molecule has 114 valence electrons. The average Bonchev–Trinajstić information content (AvgIpc) is 2.80. The molecule has 6 nitrogen and oxygen atoms in total. The molecule has 0 saturated heterocycles. The largest absolute Gasteiger partial charge is 0.399 e. The Labute approximate surface area is 129 Å². The van der Waals surface area contributed by atoms with E-state index in [1.807, 2.05) is 32.9 Å². The second-order valence-electron chi connectivity index (χ2n) is 5.30. The molecule has 0 spiro atoms. The number of aromatic nitrogens is 2. The predicted molar refractivity (Wildman–Crippen MR) is 83.0 cm³/mol. The summed E-state index contributed by atoms with van der Waals surface area (Å²) >= 11 is 0. The van der Waals surface area contributed by atoms with Crippen LogP contribution < -0.4 is 11.1 Å². The summed E-state index contributed by atoms with van der Waals surface area (Å²) in [5, 5.41) is 6.72. The fraction of sp³-hybridized carbons (Fsp3) is 0.357. The third kappa shape index (κ3) is 3.72. The van der Waals surface area contributed by atoms with Crippen LogP contribution in [0.1, 0.15) is 32.2 Å². The van der Waals surface area contributed by atoms with Gasteiger partial charge in [-0.05, 0) is 38.5 Å². The maximum absolute atomic E-state index is 11.2. The fourth-order valence-electron chi connectivity index (χ4n) is 1.95. The number of nitrogens with two attached hydrogens (primary N) is 1. The van der Waals surface area contributed by atoms with Gasteiger partial charge in [-0.15, -0.1) is 12.4 Å². The number of aryl methyl sites for hydroxylation is 1. The summed E-state index contributed by atoms with van der Waals surface area (Å²) in [6, 6.07) is 5.50. The quantitative estimate of drug-likeness (QED) is 0.849. The Morgan fingerprint density at radius 2 is 2.05 bits per heavy atom. The zero-order chi connectivity index (χ0) is 14.9. The molecule has 0 fully saturated rings. The van der Waals surface area contributed by atoms with E-state index in [4.69, 9.17) is 10.3 Å². The Balaban J connectivity index is 0.00000220. The van der Waals surface area contributed by atoms with Gasteiger partial charge in [-0.3, -0.25) is 4.79 Å². The normalized spacial score (nSPS) is 10.9. The lowest BCUT2D eigenvalue weighted by atomic mass is 10.0. The number of nitrogens with zero attached hydrogens (tertiary/aromatic N) is 2. The molecule has 7 heteroatoms. The van der Waals surface area contributed by atoms with Crippen LogP contribution in [0.4, 0.5) is 5.69 Å². The van der Waals surface area contributed by atoms with Crippen LogP contribution in [0.5, 0.6) is 0 Å². The van der Waals surface area contributed by atoms with Crippen molar-refractivity contribution in [2.45, 2.75) is 33.2 Å². The summed E-state index contributed by atoms with van der Waals surface area (Å²) in [5.74, 6) is 0.661. The summed E-state index contributed by atoms with van der Waals surface area (Å²) in [6.45, 7) is 7.02. The lowest BCUT2D eigenvalue weighted by Gasteiger charge is -2.20. The van der Waals surface area contributed by atoms with E-state index in [-0.39, 0.29) is 18.3 Å². The second-order valence-corrected chi connectivity index (χ2v) is 5.30. The molecule has 21 heavy (non-hydrogen) atoms. The van der Waals surface area contributed by atoms with Crippen LogP contribution in [0.25, 0.3) is 11.5 Å². The van der Waals surface area contributed by atoms with Gasteiger partial charge in [-0.2, -0.15) is 4.98 Å². The van der Waals surface area contributed by atoms with Crippen LogP contribution >= 0.6 is 12.4 Å². The van der Waals surface area contributed by atoms with Crippen molar-refractivity contribution in [3.63, 3.8) is 0 Å². The van der Waals surface area contributed by atoms with Gasteiger partial charge in [0.2, 0.25) is 5.91 Å². The minimum atomic E-state index is -0.693. The number of benzene rings is 1. The summed E-state index contributed by atoms with van der Waals surface area (Å²) in [7, 11) is 0. The number of amides is 1. The predicted octanol–water partition coefficient (Wildman–Crippen LogP) is 2.42. The highest BCUT2D eigenvalue weighted by Crippen LogP contribution is 2.26. The van der Waals surface area contributed by atoms with E-state index in [9.17, 15) is 4.79 Å². The SMILES string of the molecule is CC(=O)NC(C)(C)c1noc(-c2cc(N)ccc2C)n1.Cl. The van der Waals surface area contributed by atoms with Gasteiger partial charge in [-0.1, -0.05) is 11.2 Å². The van der Waals surface area contributed by atoms with Crippen LogP contribution in [-0.4, -0.2) is 16.0 Å². The Hall–Kier alpha value is -2.08. The van der Waals surface area contributed by atoms with E-state index in [2.05, 4.69) is 15.5 Å². The van der Waals surface area contributed by atoms with Crippen molar-refractivity contribution in [2.24, 2.45) is 0 Å². The van der Waals surface area contributed by atoms with Gasteiger partial charge in [0.15, 0.2) is 5.82 Å². The molecule has 0 unspecified atom stereocenters. The molecule has 1 heterocycles. The molecule has 2 rings (SSSR count). The van der Waals surface area contributed by atoms with Crippen LogP contribution in [-0.2, 0) is 10.3 Å². The maximum Gasteiger partial charge on any atom is 0.258 e. The second kappa shape index (κ2) is 6.13. The third-order valence-corrected chi connectivity index (χ3v) is 2.97. The number of halogens is 1. The number of carbonyl (C=O) groups excluding carboxylic acids is 1. The molecule has 0 saturated carbocycles. The Kier molecular flexibility index (Phi) is 4.96. The Bertz CT molecular complexity index is 652. The van der Waals surface area contributed by atoms with Crippen molar-refractivity contribution < 1.29 is 9.32 Å². The van der Waals surface area contributed by atoms with Gasteiger partial charge < -0.3 is 15.6 Å². The first-order valence-corrected chi connectivity index (χ1v) is 6.29. The molecule has 0 bridgehead atoms. The number of carbonyl (C=O) groups is 1. The van der Waals surface area contributed by atoms with Crippen molar-refractivity contribution in [2.75, 3.05) is 5.73 Å². The molecular weight excluding hydrogens is 292 g/mol. The molecule has 3 N–H and O–H groups in total. The summed E-state index contributed by atoms with van der Waals surface area (Å²) < 4.78 is 5.29. The van der Waals surface area contributed by atoms with Crippen molar-refractivity contribution in [3.05, 3.63) is 29.6 Å². The monoisotopic (exact) mass is 310 g/mol. The molecule has 1 aromatic carbocycles. The molecule has 0 atom stereocenters. The van der Waals surface area contributed by atoms with Crippen molar-refractivity contribution >= 4 is 24.0 Å². The van der Waals surface area contributed by atoms with Crippen molar-refractivity contribution in [1.82, 2.24) is 15.5 Å². The van der Waals surface area contributed by atoms with Gasteiger partial charge >= 0.3 is 0 Å². The number of nitrogen functional groups attached to an aromatic ring is 1. The highest BCUT2D eigenvalue weighted by Gasteiger charge is 2.28. The van der Waals surface area contributed by atoms with Crippen LogP contribution in [0.2, 0.25) is 0 Å². The molecule has 0 aliphatic carbocycles. The van der Waals surface area contributed by atoms with Crippen molar-refractivity contribution in [3.8, 4) is 11.5 Å². The van der Waals surface area contributed by atoms with Gasteiger partial charge in [0.1, 0.15) is 0 Å². The highest BCUT2D eigenvalue weighted by atomic mass is 35.5. The van der Waals surface area contributed by atoms with Gasteiger partial charge in [0.25, 0.3) is 5.89 Å². The maximum atomic E-state index is 11.2. The first-order valence-electron chi connectivity index (χ1n) is 6.29.